The van der Waals surface area contributed by atoms with Gasteiger partial charge < -0.3 is 9.47 Å². The minimum atomic E-state index is -3.59. The predicted molar refractivity (Wildman–Crippen MR) is 75.6 cm³/mol. The van der Waals surface area contributed by atoms with Gasteiger partial charge >= 0.3 is 0 Å². The van der Waals surface area contributed by atoms with Crippen LogP contribution in [0.5, 0.6) is 0 Å². The van der Waals surface area contributed by atoms with Crippen LogP contribution in [-0.2, 0) is 19.5 Å². The van der Waals surface area contributed by atoms with E-state index in [1.54, 1.807) is 36.4 Å². The van der Waals surface area contributed by atoms with Crippen molar-refractivity contribution >= 4 is 10.0 Å². The predicted octanol–water partition coefficient (Wildman–Crippen LogP) is 1.89. The molecule has 1 aromatic carbocycles. The van der Waals surface area contributed by atoms with Gasteiger partial charge in [0.1, 0.15) is 6.23 Å². The Labute approximate surface area is 119 Å². The van der Waals surface area contributed by atoms with E-state index in [4.69, 9.17) is 9.47 Å². The first-order chi connectivity index (χ1) is 9.48. The molecule has 0 amide bonds. The van der Waals surface area contributed by atoms with Gasteiger partial charge in [0.2, 0.25) is 10.0 Å². The van der Waals surface area contributed by atoms with Crippen molar-refractivity contribution in [1.29, 1.82) is 0 Å². The number of benzene rings is 1. The molecule has 0 aliphatic carbocycles. The molecule has 1 fully saturated rings. The fraction of sp³-hybridized carbons (Fsp3) is 0.429. The molecule has 0 aromatic heterocycles. The highest BCUT2D eigenvalue weighted by Gasteiger charge is 2.39. The second-order valence-electron chi connectivity index (χ2n) is 4.61. The van der Waals surface area contributed by atoms with Crippen molar-refractivity contribution in [2.75, 3.05) is 13.7 Å². The van der Waals surface area contributed by atoms with Gasteiger partial charge in [-0.15, -0.1) is 0 Å². The van der Waals surface area contributed by atoms with E-state index in [1.807, 2.05) is 13.8 Å². The summed E-state index contributed by atoms with van der Waals surface area (Å²) in [6.07, 6.45) is 2.29. The number of rotatable bonds is 4. The second-order valence-corrected chi connectivity index (χ2v) is 6.50. The van der Waals surface area contributed by atoms with Crippen LogP contribution in [0.15, 0.2) is 41.3 Å². The fourth-order valence-corrected chi connectivity index (χ4v) is 3.50. The molecule has 20 heavy (non-hydrogen) atoms. The summed E-state index contributed by atoms with van der Waals surface area (Å²) in [6.45, 7) is 3.92. The zero-order valence-corrected chi connectivity index (χ0v) is 12.6. The Hall–Kier alpha value is -1.21. The third-order valence-corrected chi connectivity index (χ3v) is 4.99. The molecule has 1 aromatic rings. The second kappa shape index (κ2) is 6.05. The normalized spacial score (nSPS) is 24.6. The average Bonchev–Trinajstić information content (AvgIpc) is 2.84. The topological polar surface area (TPSA) is 55.8 Å². The number of allylic oxidation sites excluding steroid dienone is 1. The van der Waals surface area contributed by atoms with E-state index in [1.165, 1.54) is 11.4 Å². The zero-order valence-electron chi connectivity index (χ0n) is 11.8. The van der Waals surface area contributed by atoms with Gasteiger partial charge in [-0.3, -0.25) is 0 Å². The Balaban J connectivity index is 2.34. The van der Waals surface area contributed by atoms with E-state index in [9.17, 15) is 8.42 Å². The van der Waals surface area contributed by atoms with Crippen LogP contribution >= 0.6 is 0 Å². The van der Waals surface area contributed by atoms with E-state index < -0.39 is 22.5 Å². The molecule has 2 atom stereocenters. The van der Waals surface area contributed by atoms with Crippen molar-refractivity contribution in [2.24, 2.45) is 0 Å². The molecule has 0 bridgehead atoms. The molecule has 110 valence electrons. The summed E-state index contributed by atoms with van der Waals surface area (Å²) in [5.74, 6) is 0. The number of hydrogen-bond acceptors (Lipinski definition) is 4. The van der Waals surface area contributed by atoms with Gasteiger partial charge in [0, 0.05) is 7.11 Å². The summed E-state index contributed by atoms with van der Waals surface area (Å²) in [5, 5.41) is 0. The summed E-state index contributed by atoms with van der Waals surface area (Å²) in [5.41, 5.74) is 1.02. The molecule has 6 heteroatoms. The Kier molecular flexibility index (Phi) is 4.59. The monoisotopic (exact) mass is 297 g/mol. The van der Waals surface area contributed by atoms with Crippen molar-refractivity contribution in [2.45, 2.75) is 31.3 Å². The van der Waals surface area contributed by atoms with Crippen molar-refractivity contribution in [3.63, 3.8) is 0 Å². The van der Waals surface area contributed by atoms with Gasteiger partial charge in [-0.25, -0.2) is 8.42 Å². The van der Waals surface area contributed by atoms with Gasteiger partial charge in [0.25, 0.3) is 0 Å². The van der Waals surface area contributed by atoms with Crippen LogP contribution < -0.4 is 0 Å². The third kappa shape index (κ3) is 2.93. The van der Waals surface area contributed by atoms with Crippen LogP contribution in [0.25, 0.3) is 0 Å². The highest BCUT2D eigenvalue weighted by molar-refractivity contribution is 7.89. The Bertz CT molecular complexity index is 580. The maximum Gasteiger partial charge on any atom is 0.245 e. The summed E-state index contributed by atoms with van der Waals surface area (Å²) in [6, 6.07) is 6.78. The number of methoxy groups -OCH3 is 1. The molecule has 1 aliphatic rings. The number of aryl methyl sites for hydroxylation is 1. The van der Waals surface area contributed by atoms with E-state index in [-0.39, 0.29) is 11.4 Å². The Morgan fingerprint density at radius 2 is 2.00 bits per heavy atom. The van der Waals surface area contributed by atoms with Crippen molar-refractivity contribution in [1.82, 2.24) is 4.31 Å². The molecule has 1 heterocycles. The molecule has 5 nitrogen and oxygen atoms in total. The first-order valence-corrected chi connectivity index (χ1v) is 7.82. The lowest BCUT2D eigenvalue weighted by atomic mass is 10.2. The minimum Gasteiger partial charge on any atom is -0.354 e. The van der Waals surface area contributed by atoms with Crippen LogP contribution in [0.1, 0.15) is 12.5 Å². The Morgan fingerprint density at radius 1 is 1.35 bits per heavy atom. The first-order valence-electron chi connectivity index (χ1n) is 6.38. The number of ether oxygens (including phenoxy) is 2. The molecule has 0 unspecified atom stereocenters. The largest absolute Gasteiger partial charge is 0.354 e. The average molecular weight is 297 g/mol. The van der Waals surface area contributed by atoms with Gasteiger partial charge in [-0.05, 0) is 32.1 Å². The molecular weight excluding hydrogens is 278 g/mol. The van der Waals surface area contributed by atoms with Crippen LogP contribution in [0.4, 0.5) is 0 Å². The minimum absolute atomic E-state index is 0.182. The molecular formula is C14H19NO4S. The van der Waals surface area contributed by atoms with Crippen molar-refractivity contribution in [3.05, 3.63) is 42.0 Å². The molecule has 1 saturated heterocycles. The van der Waals surface area contributed by atoms with Crippen LogP contribution in [-0.4, -0.2) is 38.9 Å². The lowest BCUT2D eigenvalue weighted by Crippen LogP contribution is -2.35. The van der Waals surface area contributed by atoms with Gasteiger partial charge in [0.05, 0.1) is 11.4 Å². The molecule has 2 rings (SSSR count). The van der Waals surface area contributed by atoms with E-state index in [0.29, 0.717) is 0 Å². The first kappa shape index (κ1) is 15.2. The summed E-state index contributed by atoms with van der Waals surface area (Å²) < 4.78 is 37.2. The summed E-state index contributed by atoms with van der Waals surface area (Å²) >= 11 is 0. The number of sulfonamides is 1. The summed E-state index contributed by atoms with van der Waals surface area (Å²) in [4.78, 5) is 0.262. The molecule has 0 N–H and O–H groups in total. The maximum absolute atomic E-state index is 12.6. The maximum atomic E-state index is 12.6. The SMILES string of the molecule is C/C=C/[C@@H]1O[C@@H](OC)CN1S(=O)(=O)c1ccc(C)cc1. The summed E-state index contributed by atoms with van der Waals surface area (Å²) in [7, 11) is -2.09. The molecule has 1 aliphatic heterocycles. The van der Waals surface area contributed by atoms with E-state index >= 15 is 0 Å². The molecule has 0 radical (unpaired) electrons. The number of hydrogen-bond donors (Lipinski definition) is 0. The van der Waals surface area contributed by atoms with Crippen LogP contribution in [0.3, 0.4) is 0 Å². The van der Waals surface area contributed by atoms with Gasteiger partial charge in [0.15, 0.2) is 6.29 Å². The van der Waals surface area contributed by atoms with Crippen molar-refractivity contribution < 1.29 is 17.9 Å². The van der Waals surface area contributed by atoms with Crippen LogP contribution in [0.2, 0.25) is 0 Å². The fourth-order valence-electron chi connectivity index (χ4n) is 2.03. The lowest BCUT2D eigenvalue weighted by Gasteiger charge is -2.19. The highest BCUT2D eigenvalue weighted by atomic mass is 32.2. The number of nitrogens with zero attached hydrogens (tertiary/aromatic N) is 1. The third-order valence-electron chi connectivity index (χ3n) is 3.15. The highest BCUT2D eigenvalue weighted by Crippen LogP contribution is 2.26. The van der Waals surface area contributed by atoms with Gasteiger partial charge in [-0.1, -0.05) is 23.8 Å². The molecule has 0 spiro atoms. The van der Waals surface area contributed by atoms with E-state index in [0.717, 1.165) is 5.56 Å². The zero-order chi connectivity index (χ0) is 14.8. The molecule has 0 saturated carbocycles. The van der Waals surface area contributed by atoms with E-state index in [2.05, 4.69) is 0 Å². The van der Waals surface area contributed by atoms with Crippen LogP contribution in [0, 0.1) is 6.92 Å². The lowest BCUT2D eigenvalue weighted by molar-refractivity contribution is -0.100. The Morgan fingerprint density at radius 3 is 2.55 bits per heavy atom. The smallest absolute Gasteiger partial charge is 0.245 e. The standard InChI is InChI=1S/C14H19NO4S/c1-4-5-13-15(10-14(18-3)19-13)20(16,17)12-8-6-11(2)7-9-12/h4-9,13-14H,10H2,1-3H3/b5-4+/t13-,14+/m0/s1. The van der Waals surface area contributed by atoms with Crippen molar-refractivity contribution in [3.8, 4) is 0 Å². The quantitative estimate of drug-likeness (QED) is 0.796. The van der Waals surface area contributed by atoms with Gasteiger partial charge in [-0.2, -0.15) is 4.31 Å².